The number of amides is 1. The number of carboxylic acid groups (broad SMARTS) is 1. The second-order valence-corrected chi connectivity index (χ2v) is 2.28. The van der Waals surface area contributed by atoms with E-state index in [-0.39, 0.29) is 18.4 Å². The Labute approximate surface area is 65.4 Å². The fourth-order valence-electron chi connectivity index (χ4n) is 0.961. The van der Waals surface area contributed by atoms with Gasteiger partial charge in [0.25, 0.3) is 0 Å². The van der Waals surface area contributed by atoms with Crippen LogP contribution in [0.25, 0.3) is 0 Å². The highest BCUT2D eigenvalue weighted by Gasteiger charge is 2.22. The Morgan fingerprint density at radius 1 is 1.70 bits per heavy atom. The van der Waals surface area contributed by atoms with Crippen LogP contribution in [0.3, 0.4) is 0 Å². The van der Waals surface area contributed by atoms with E-state index in [4.69, 9.17) is 10.8 Å². The minimum atomic E-state index is -0.858. The van der Waals surface area contributed by atoms with Crippen LogP contribution >= 0.6 is 12.4 Å². The van der Waals surface area contributed by atoms with Gasteiger partial charge < -0.3 is 15.7 Å². The SMILES string of the molecule is Cl.N[C@H]1CCN(C(=O)O)C1. The molecule has 60 valence electrons. The molecule has 3 N–H and O–H groups in total. The maximum atomic E-state index is 10.2. The Hall–Kier alpha value is -0.480. The number of nitrogens with two attached hydrogens (primary N) is 1. The lowest BCUT2D eigenvalue weighted by Crippen LogP contribution is -2.30. The summed E-state index contributed by atoms with van der Waals surface area (Å²) in [6, 6.07) is 0.0566. The lowest BCUT2D eigenvalue weighted by molar-refractivity contribution is 0.155. The number of hydrogen-bond donors (Lipinski definition) is 2. The van der Waals surface area contributed by atoms with Crippen molar-refractivity contribution < 1.29 is 9.90 Å². The number of carbonyl (C=O) groups is 1. The molecule has 0 aliphatic carbocycles. The zero-order valence-electron chi connectivity index (χ0n) is 5.49. The largest absolute Gasteiger partial charge is 0.465 e. The van der Waals surface area contributed by atoms with Crippen molar-refractivity contribution in [1.82, 2.24) is 4.90 Å². The molecule has 1 atom stereocenters. The summed E-state index contributed by atoms with van der Waals surface area (Å²) in [4.78, 5) is 11.6. The Morgan fingerprint density at radius 3 is 2.50 bits per heavy atom. The molecule has 10 heavy (non-hydrogen) atoms. The Kier molecular flexibility index (Phi) is 3.46. The molecular weight excluding hydrogens is 156 g/mol. The van der Waals surface area contributed by atoms with Crippen LogP contribution < -0.4 is 5.73 Å². The fraction of sp³-hybridized carbons (Fsp3) is 0.800. The first-order valence-corrected chi connectivity index (χ1v) is 2.93. The average Bonchev–Trinajstić information content (AvgIpc) is 2.14. The third kappa shape index (κ3) is 2.04. The van der Waals surface area contributed by atoms with E-state index in [9.17, 15) is 4.79 Å². The van der Waals surface area contributed by atoms with Gasteiger partial charge in [-0.2, -0.15) is 0 Å². The minimum absolute atomic E-state index is 0. The van der Waals surface area contributed by atoms with Crippen LogP contribution in [0.5, 0.6) is 0 Å². The summed E-state index contributed by atoms with van der Waals surface area (Å²) in [7, 11) is 0. The Morgan fingerprint density at radius 2 is 2.30 bits per heavy atom. The van der Waals surface area contributed by atoms with Gasteiger partial charge in [0.15, 0.2) is 0 Å². The smallest absolute Gasteiger partial charge is 0.407 e. The van der Waals surface area contributed by atoms with Crippen LogP contribution in [0.2, 0.25) is 0 Å². The summed E-state index contributed by atoms with van der Waals surface area (Å²) in [6.45, 7) is 1.09. The van der Waals surface area contributed by atoms with Crippen LogP contribution in [0.1, 0.15) is 6.42 Å². The van der Waals surface area contributed by atoms with Crippen molar-refractivity contribution >= 4 is 18.5 Å². The third-order valence-corrected chi connectivity index (χ3v) is 1.50. The maximum Gasteiger partial charge on any atom is 0.407 e. The zero-order chi connectivity index (χ0) is 6.85. The van der Waals surface area contributed by atoms with Gasteiger partial charge in [-0.3, -0.25) is 0 Å². The fourth-order valence-corrected chi connectivity index (χ4v) is 0.961. The molecular formula is C5H11ClN2O2. The topological polar surface area (TPSA) is 66.6 Å². The highest BCUT2D eigenvalue weighted by molar-refractivity contribution is 5.85. The summed E-state index contributed by atoms with van der Waals surface area (Å²) >= 11 is 0. The summed E-state index contributed by atoms with van der Waals surface area (Å²) in [5.74, 6) is 0. The highest BCUT2D eigenvalue weighted by Crippen LogP contribution is 2.05. The second kappa shape index (κ2) is 3.63. The van der Waals surface area contributed by atoms with Crippen LogP contribution in [0.4, 0.5) is 4.79 Å². The second-order valence-electron chi connectivity index (χ2n) is 2.28. The van der Waals surface area contributed by atoms with E-state index in [1.807, 2.05) is 0 Å². The van der Waals surface area contributed by atoms with Crippen molar-refractivity contribution in [2.24, 2.45) is 5.73 Å². The Balaban J connectivity index is 0.000000810. The van der Waals surface area contributed by atoms with E-state index in [1.54, 1.807) is 0 Å². The molecule has 0 aromatic rings. The lowest BCUT2D eigenvalue weighted by Gasteiger charge is -2.08. The number of rotatable bonds is 0. The predicted molar refractivity (Wildman–Crippen MR) is 39.4 cm³/mol. The van der Waals surface area contributed by atoms with Crippen LogP contribution in [0.15, 0.2) is 0 Å². The van der Waals surface area contributed by atoms with Crippen molar-refractivity contribution in [2.45, 2.75) is 12.5 Å². The van der Waals surface area contributed by atoms with E-state index in [0.29, 0.717) is 13.1 Å². The molecule has 1 heterocycles. The summed E-state index contributed by atoms with van der Waals surface area (Å²) in [5, 5.41) is 8.40. The summed E-state index contributed by atoms with van der Waals surface area (Å²) in [5.41, 5.74) is 5.46. The molecule has 0 aromatic carbocycles. The number of likely N-dealkylation sites (tertiary alicyclic amines) is 1. The van der Waals surface area contributed by atoms with Crippen LogP contribution in [-0.2, 0) is 0 Å². The molecule has 0 bridgehead atoms. The lowest BCUT2D eigenvalue weighted by atomic mass is 10.3. The van der Waals surface area contributed by atoms with Gasteiger partial charge in [0.2, 0.25) is 0 Å². The first kappa shape index (κ1) is 9.52. The molecule has 0 radical (unpaired) electrons. The van der Waals surface area contributed by atoms with Gasteiger partial charge in [-0.25, -0.2) is 4.79 Å². The molecule has 5 heteroatoms. The van der Waals surface area contributed by atoms with Gasteiger partial charge in [-0.05, 0) is 6.42 Å². The van der Waals surface area contributed by atoms with Crippen LogP contribution in [-0.4, -0.2) is 35.2 Å². The highest BCUT2D eigenvalue weighted by atomic mass is 35.5. The molecule has 1 aliphatic rings. The molecule has 1 amide bonds. The average molecular weight is 167 g/mol. The third-order valence-electron chi connectivity index (χ3n) is 1.50. The van der Waals surface area contributed by atoms with Gasteiger partial charge in [0.1, 0.15) is 0 Å². The normalized spacial score (nSPS) is 24.1. The van der Waals surface area contributed by atoms with Crippen molar-refractivity contribution in [1.29, 1.82) is 0 Å². The first-order valence-electron chi connectivity index (χ1n) is 2.93. The van der Waals surface area contributed by atoms with Crippen molar-refractivity contribution in [3.05, 3.63) is 0 Å². The molecule has 0 spiro atoms. The van der Waals surface area contributed by atoms with Gasteiger partial charge in [-0.15, -0.1) is 12.4 Å². The molecule has 1 saturated heterocycles. The molecule has 0 aromatic heterocycles. The van der Waals surface area contributed by atoms with E-state index < -0.39 is 6.09 Å². The predicted octanol–water partition coefficient (Wildman–Crippen LogP) is 0.119. The molecule has 1 aliphatic heterocycles. The number of nitrogens with zero attached hydrogens (tertiary/aromatic N) is 1. The monoisotopic (exact) mass is 166 g/mol. The van der Waals surface area contributed by atoms with Crippen molar-refractivity contribution in [2.75, 3.05) is 13.1 Å². The number of halogens is 1. The quantitative estimate of drug-likeness (QED) is 0.537. The van der Waals surface area contributed by atoms with Gasteiger partial charge in [0, 0.05) is 19.1 Å². The summed E-state index contributed by atoms with van der Waals surface area (Å²) < 4.78 is 0. The van der Waals surface area contributed by atoms with Gasteiger partial charge in [0.05, 0.1) is 0 Å². The van der Waals surface area contributed by atoms with E-state index >= 15 is 0 Å². The van der Waals surface area contributed by atoms with Crippen molar-refractivity contribution in [3.63, 3.8) is 0 Å². The zero-order valence-corrected chi connectivity index (χ0v) is 6.30. The molecule has 1 rings (SSSR count). The molecule has 0 saturated carbocycles. The molecule has 4 nitrogen and oxygen atoms in total. The molecule has 1 fully saturated rings. The Bertz CT molecular complexity index is 131. The van der Waals surface area contributed by atoms with Crippen molar-refractivity contribution in [3.8, 4) is 0 Å². The molecule has 0 unspecified atom stereocenters. The first-order chi connectivity index (χ1) is 4.20. The minimum Gasteiger partial charge on any atom is -0.465 e. The van der Waals surface area contributed by atoms with E-state index in [1.165, 1.54) is 4.90 Å². The van der Waals surface area contributed by atoms with Gasteiger partial charge >= 0.3 is 6.09 Å². The van der Waals surface area contributed by atoms with Gasteiger partial charge in [-0.1, -0.05) is 0 Å². The standard InChI is InChI=1S/C5H10N2O2.ClH/c6-4-1-2-7(3-4)5(8)9;/h4H,1-3,6H2,(H,8,9);1H/t4-;/m0./s1. The number of hydrogen-bond acceptors (Lipinski definition) is 2. The van der Waals surface area contributed by atoms with Crippen LogP contribution in [0, 0.1) is 0 Å². The van der Waals surface area contributed by atoms with E-state index in [0.717, 1.165) is 6.42 Å². The van der Waals surface area contributed by atoms with E-state index in [2.05, 4.69) is 0 Å². The summed E-state index contributed by atoms with van der Waals surface area (Å²) in [6.07, 6.45) is -0.0605. The maximum absolute atomic E-state index is 10.2.